The number of anilines is 1. The molecule has 2 heterocycles. The molecule has 0 bridgehead atoms. The lowest BCUT2D eigenvalue weighted by Crippen LogP contribution is -2.42. The predicted molar refractivity (Wildman–Crippen MR) is 152 cm³/mol. The number of nitrogen functional groups attached to an aromatic ring is 1. The molecule has 1 aliphatic carbocycles. The first-order valence-corrected chi connectivity index (χ1v) is 15.7. The zero-order valence-electron chi connectivity index (χ0n) is 23.3. The maximum Gasteiger partial charge on any atom is 0.407 e. The van der Waals surface area contributed by atoms with Crippen LogP contribution in [0.2, 0.25) is 0 Å². The summed E-state index contributed by atoms with van der Waals surface area (Å²) in [5, 5.41) is 3.05. The summed E-state index contributed by atoms with van der Waals surface area (Å²) in [6, 6.07) is 15.8. The standard InChI is InChI=1S/C30H41N3O6S/c1-20(2)17-33(40(35,36)25-10-8-22(31)9-11-25)13-12-23(14-21-6-4-3-5-7-21)32-30(34)38-24-15-26-27-18-37-19-29(27)39-28(26)16-24/h3-11,20,23-24,26-29H,12-19,31H2,1-2H3,(H,32,34)/t23-,24-,26-,27-,28-,29-/m1/s1. The Bertz CT molecular complexity index is 1240. The number of sulfonamides is 1. The van der Waals surface area contributed by atoms with Crippen LogP contribution in [0.5, 0.6) is 0 Å². The third kappa shape index (κ3) is 6.79. The maximum atomic E-state index is 13.5. The molecule has 10 heteroatoms. The van der Waals surface area contributed by atoms with Crippen LogP contribution in [-0.4, -0.2) is 69.5 Å². The SMILES string of the molecule is CC(C)CN(CC[C@H](Cc1ccccc1)NC(=O)O[C@@H]1C[C@@H]2[C@H]3COC[C@H]3O[C@@H]2C1)S(=O)(=O)c1ccc(N)cc1. The minimum atomic E-state index is -3.73. The number of alkyl carbamates (subject to hydrolysis) is 1. The van der Waals surface area contributed by atoms with Gasteiger partial charge < -0.3 is 25.3 Å². The number of rotatable bonds is 11. The van der Waals surface area contributed by atoms with Gasteiger partial charge in [-0.15, -0.1) is 0 Å². The molecule has 0 radical (unpaired) electrons. The van der Waals surface area contributed by atoms with Gasteiger partial charge in [0.2, 0.25) is 10.0 Å². The van der Waals surface area contributed by atoms with E-state index in [0.717, 1.165) is 18.6 Å². The second-order valence-corrected chi connectivity index (χ2v) is 13.7. The molecule has 1 amide bonds. The third-order valence-corrected chi connectivity index (χ3v) is 10.1. The molecule has 0 unspecified atom stereocenters. The summed E-state index contributed by atoms with van der Waals surface area (Å²) in [6.07, 6.45) is 2.13. The summed E-state index contributed by atoms with van der Waals surface area (Å²) in [5.74, 6) is 0.888. The second-order valence-electron chi connectivity index (χ2n) is 11.7. The van der Waals surface area contributed by atoms with Gasteiger partial charge in [-0.25, -0.2) is 13.2 Å². The number of hydrogen-bond acceptors (Lipinski definition) is 7. The van der Waals surface area contributed by atoms with Gasteiger partial charge in [0.15, 0.2) is 0 Å². The first-order valence-electron chi connectivity index (χ1n) is 14.3. The van der Waals surface area contributed by atoms with Gasteiger partial charge in [-0.1, -0.05) is 44.2 Å². The van der Waals surface area contributed by atoms with Gasteiger partial charge in [-0.05, 0) is 60.9 Å². The van der Waals surface area contributed by atoms with Crippen LogP contribution in [0.25, 0.3) is 0 Å². The third-order valence-electron chi connectivity index (χ3n) is 8.21. The molecule has 6 atom stereocenters. The summed E-state index contributed by atoms with van der Waals surface area (Å²) >= 11 is 0. The molecule has 1 saturated carbocycles. The Labute approximate surface area is 237 Å². The minimum absolute atomic E-state index is 0.125. The largest absolute Gasteiger partial charge is 0.446 e. The van der Waals surface area contributed by atoms with E-state index in [1.807, 2.05) is 44.2 Å². The second kappa shape index (κ2) is 12.5. The summed E-state index contributed by atoms with van der Waals surface area (Å²) in [7, 11) is -3.73. The molecule has 3 N–H and O–H groups in total. The number of carbonyl (C=O) groups is 1. The molecule has 2 aromatic rings. The van der Waals surface area contributed by atoms with Crippen LogP contribution in [0.1, 0.15) is 38.7 Å². The molecule has 3 aliphatic rings. The zero-order valence-corrected chi connectivity index (χ0v) is 24.1. The number of nitrogens with two attached hydrogens (primary N) is 1. The van der Waals surface area contributed by atoms with Crippen molar-refractivity contribution in [3.05, 3.63) is 60.2 Å². The van der Waals surface area contributed by atoms with Gasteiger partial charge in [0.05, 0.1) is 30.3 Å². The van der Waals surface area contributed by atoms with Crippen molar-refractivity contribution in [3.8, 4) is 0 Å². The zero-order chi connectivity index (χ0) is 28.3. The fraction of sp³-hybridized carbons (Fsp3) is 0.567. The Kier molecular flexibility index (Phi) is 8.99. The van der Waals surface area contributed by atoms with Gasteiger partial charge in [0.1, 0.15) is 6.10 Å². The van der Waals surface area contributed by atoms with E-state index in [9.17, 15) is 13.2 Å². The summed E-state index contributed by atoms with van der Waals surface area (Å²) in [4.78, 5) is 13.3. The average molecular weight is 572 g/mol. The van der Waals surface area contributed by atoms with E-state index in [1.165, 1.54) is 16.4 Å². The average Bonchev–Trinajstić information content (AvgIpc) is 3.60. The van der Waals surface area contributed by atoms with E-state index in [1.54, 1.807) is 12.1 Å². The van der Waals surface area contributed by atoms with Crippen molar-refractivity contribution in [1.29, 1.82) is 0 Å². The minimum Gasteiger partial charge on any atom is -0.446 e. The molecular formula is C30H41N3O6S. The highest BCUT2D eigenvalue weighted by Crippen LogP contribution is 2.46. The Morgan fingerprint density at radius 3 is 2.52 bits per heavy atom. The summed E-state index contributed by atoms with van der Waals surface area (Å²) in [5.41, 5.74) is 7.34. The fourth-order valence-corrected chi connectivity index (χ4v) is 7.90. The number of ether oxygens (including phenoxy) is 3. The fourth-order valence-electron chi connectivity index (χ4n) is 6.29. The summed E-state index contributed by atoms with van der Waals surface area (Å²) < 4.78 is 46.2. The van der Waals surface area contributed by atoms with E-state index >= 15 is 0 Å². The molecule has 0 spiro atoms. The Morgan fingerprint density at radius 2 is 1.80 bits per heavy atom. The number of benzene rings is 2. The van der Waals surface area contributed by atoms with Crippen LogP contribution in [0, 0.1) is 17.8 Å². The maximum absolute atomic E-state index is 13.5. The lowest BCUT2D eigenvalue weighted by molar-refractivity contribution is 0.00563. The van der Waals surface area contributed by atoms with E-state index in [0.29, 0.717) is 49.9 Å². The molecule has 2 saturated heterocycles. The quantitative estimate of drug-likeness (QED) is 0.393. The Morgan fingerprint density at radius 1 is 1.05 bits per heavy atom. The summed E-state index contributed by atoms with van der Waals surface area (Å²) in [6.45, 7) is 5.98. The number of nitrogens with one attached hydrogen (secondary N) is 1. The number of carbonyl (C=O) groups excluding carboxylic acids is 1. The van der Waals surface area contributed by atoms with E-state index in [2.05, 4.69) is 5.32 Å². The highest BCUT2D eigenvalue weighted by atomic mass is 32.2. The van der Waals surface area contributed by atoms with E-state index in [4.69, 9.17) is 19.9 Å². The first kappa shape index (κ1) is 28.9. The van der Waals surface area contributed by atoms with Crippen LogP contribution < -0.4 is 11.1 Å². The normalized spacial score (nSPS) is 26.6. The molecule has 40 heavy (non-hydrogen) atoms. The predicted octanol–water partition coefficient (Wildman–Crippen LogP) is 3.84. The van der Waals surface area contributed by atoms with Crippen molar-refractivity contribution in [2.45, 2.75) is 68.8 Å². The van der Waals surface area contributed by atoms with Gasteiger partial charge in [0, 0.05) is 37.2 Å². The van der Waals surface area contributed by atoms with Crippen LogP contribution in [0.15, 0.2) is 59.5 Å². The molecule has 5 rings (SSSR count). The van der Waals surface area contributed by atoms with Gasteiger partial charge in [-0.2, -0.15) is 4.31 Å². The number of fused-ring (bicyclic) bond motifs is 3. The van der Waals surface area contributed by atoms with E-state index in [-0.39, 0.29) is 41.7 Å². The lowest BCUT2D eigenvalue weighted by Gasteiger charge is -2.27. The topological polar surface area (TPSA) is 120 Å². The highest BCUT2D eigenvalue weighted by Gasteiger charge is 2.52. The first-order chi connectivity index (χ1) is 19.2. The molecule has 9 nitrogen and oxygen atoms in total. The highest BCUT2D eigenvalue weighted by molar-refractivity contribution is 7.89. The van der Waals surface area contributed by atoms with Crippen molar-refractivity contribution >= 4 is 21.8 Å². The number of hydrogen-bond donors (Lipinski definition) is 2. The van der Waals surface area contributed by atoms with Crippen molar-refractivity contribution in [2.24, 2.45) is 17.8 Å². The molecule has 0 aromatic heterocycles. The molecule has 2 aliphatic heterocycles. The van der Waals surface area contributed by atoms with Gasteiger partial charge >= 0.3 is 6.09 Å². The molecule has 218 valence electrons. The van der Waals surface area contributed by atoms with Crippen LogP contribution in [-0.2, 0) is 30.7 Å². The van der Waals surface area contributed by atoms with Gasteiger partial charge in [0.25, 0.3) is 0 Å². The van der Waals surface area contributed by atoms with Crippen LogP contribution in [0.4, 0.5) is 10.5 Å². The van der Waals surface area contributed by atoms with Crippen molar-refractivity contribution in [3.63, 3.8) is 0 Å². The van der Waals surface area contributed by atoms with E-state index < -0.39 is 16.1 Å². The number of amides is 1. The molecule has 2 aromatic carbocycles. The Hall–Kier alpha value is -2.66. The van der Waals surface area contributed by atoms with Gasteiger partial charge in [-0.3, -0.25) is 0 Å². The van der Waals surface area contributed by atoms with Crippen molar-refractivity contribution in [1.82, 2.24) is 9.62 Å². The monoisotopic (exact) mass is 571 g/mol. The Balaban J connectivity index is 1.24. The smallest absolute Gasteiger partial charge is 0.407 e. The van der Waals surface area contributed by atoms with Crippen LogP contribution in [0.3, 0.4) is 0 Å². The number of nitrogens with zero attached hydrogens (tertiary/aromatic N) is 1. The molecular weight excluding hydrogens is 530 g/mol. The van der Waals surface area contributed by atoms with Crippen molar-refractivity contribution in [2.75, 3.05) is 32.0 Å². The van der Waals surface area contributed by atoms with Crippen molar-refractivity contribution < 1.29 is 27.4 Å². The lowest BCUT2D eigenvalue weighted by atomic mass is 9.90. The van der Waals surface area contributed by atoms with Crippen LogP contribution >= 0.6 is 0 Å². The molecule has 3 fully saturated rings.